The van der Waals surface area contributed by atoms with E-state index in [4.69, 9.17) is 0 Å². The van der Waals surface area contributed by atoms with E-state index in [0.29, 0.717) is 6.61 Å². The van der Waals surface area contributed by atoms with Crippen molar-refractivity contribution in [3.05, 3.63) is 0 Å². The first-order valence-corrected chi connectivity index (χ1v) is 3.82. The summed E-state index contributed by atoms with van der Waals surface area (Å²) >= 11 is 0. The normalized spacial score (nSPS) is 21.0. The Hall–Kier alpha value is -0.290. The second-order valence-corrected chi connectivity index (χ2v) is 3.00. The van der Waals surface area contributed by atoms with Gasteiger partial charge in [0.1, 0.15) is 5.54 Å². The van der Waals surface area contributed by atoms with E-state index in [1.165, 1.54) is 7.11 Å². The van der Waals surface area contributed by atoms with Crippen LogP contribution >= 0.6 is 0 Å². The van der Waals surface area contributed by atoms with Crippen molar-refractivity contribution in [3.8, 4) is 0 Å². The zero-order valence-corrected chi connectivity index (χ0v) is 6.87. The minimum atomic E-state index is -4.11. The molecule has 0 aliphatic heterocycles. The third kappa shape index (κ3) is 1.90. The van der Waals surface area contributed by atoms with E-state index in [9.17, 15) is 13.2 Å². The molecule has 0 heterocycles. The predicted molar refractivity (Wildman–Crippen MR) is 37.9 cm³/mol. The van der Waals surface area contributed by atoms with Crippen LogP contribution in [0.3, 0.4) is 0 Å². The fraction of sp³-hybridized carbons (Fsp3) is 1.00. The van der Waals surface area contributed by atoms with Gasteiger partial charge in [0, 0.05) is 13.7 Å². The lowest BCUT2D eigenvalue weighted by atomic mass is 10.2. The maximum atomic E-state index is 12.2. The van der Waals surface area contributed by atoms with Crippen LogP contribution in [0.2, 0.25) is 0 Å². The van der Waals surface area contributed by atoms with Gasteiger partial charge in [-0.05, 0) is 12.8 Å². The van der Waals surface area contributed by atoms with E-state index in [-0.39, 0.29) is 19.4 Å². The van der Waals surface area contributed by atoms with Gasteiger partial charge in [-0.2, -0.15) is 13.2 Å². The van der Waals surface area contributed by atoms with Crippen LogP contribution in [0.15, 0.2) is 0 Å². The van der Waals surface area contributed by atoms with Crippen molar-refractivity contribution in [1.82, 2.24) is 5.32 Å². The maximum absolute atomic E-state index is 12.2. The summed E-state index contributed by atoms with van der Waals surface area (Å²) in [6.07, 6.45) is -3.72. The number of alkyl halides is 3. The zero-order chi connectivity index (χ0) is 9.24. The molecule has 1 aliphatic carbocycles. The Labute approximate surface area is 69.1 Å². The van der Waals surface area contributed by atoms with Crippen molar-refractivity contribution in [2.24, 2.45) is 0 Å². The molecule has 1 N–H and O–H groups in total. The summed E-state index contributed by atoms with van der Waals surface area (Å²) in [5, 5.41) is 2.46. The lowest BCUT2D eigenvalue weighted by Gasteiger charge is -2.20. The standard InChI is InChI=1S/C7H12F3NO/c1-12-5-4-11-6(2-3-6)7(8,9)10/h11H,2-5H2,1H3. The van der Waals surface area contributed by atoms with Gasteiger partial charge in [0.25, 0.3) is 0 Å². The van der Waals surface area contributed by atoms with Crippen molar-refractivity contribution in [2.45, 2.75) is 24.6 Å². The number of halogens is 3. The number of ether oxygens (including phenoxy) is 1. The first-order valence-electron chi connectivity index (χ1n) is 3.82. The SMILES string of the molecule is COCCNC1(C(F)(F)F)CC1. The van der Waals surface area contributed by atoms with Gasteiger partial charge in [-0.1, -0.05) is 0 Å². The highest BCUT2D eigenvalue weighted by Crippen LogP contribution is 2.48. The number of rotatable bonds is 4. The minimum Gasteiger partial charge on any atom is -0.383 e. The number of nitrogens with one attached hydrogen (secondary N) is 1. The molecule has 0 bridgehead atoms. The molecule has 72 valence electrons. The Morgan fingerprint density at radius 3 is 2.33 bits per heavy atom. The summed E-state index contributed by atoms with van der Waals surface area (Å²) in [4.78, 5) is 0. The average molecular weight is 183 g/mol. The summed E-state index contributed by atoms with van der Waals surface area (Å²) in [5.74, 6) is 0. The molecule has 0 saturated heterocycles. The van der Waals surface area contributed by atoms with Gasteiger partial charge >= 0.3 is 6.18 Å². The van der Waals surface area contributed by atoms with Gasteiger partial charge in [0.2, 0.25) is 0 Å². The number of hydrogen-bond donors (Lipinski definition) is 1. The summed E-state index contributed by atoms with van der Waals surface area (Å²) < 4.78 is 41.3. The molecule has 0 spiro atoms. The van der Waals surface area contributed by atoms with Gasteiger partial charge in [0.05, 0.1) is 6.61 Å². The van der Waals surface area contributed by atoms with Crippen LogP contribution in [-0.4, -0.2) is 32.0 Å². The van der Waals surface area contributed by atoms with Crippen molar-refractivity contribution < 1.29 is 17.9 Å². The van der Waals surface area contributed by atoms with Crippen LogP contribution in [-0.2, 0) is 4.74 Å². The molecule has 1 aliphatic rings. The molecule has 5 heteroatoms. The van der Waals surface area contributed by atoms with E-state index in [0.717, 1.165) is 0 Å². The van der Waals surface area contributed by atoms with Crippen molar-refractivity contribution in [2.75, 3.05) is 20.3 Å². The van der Waals surface area contributed by atoms with E-state index in [1.807, 2.05) is 0 Å². The van der Waals surface area contributed by atoms with Crippen LogP contribution in [0, 0.1) is 0 Å². The molecule has 0 aromatic rings. The Balaban J connectivity index is 2.30. The van der Waals surface area contributed by atoms with E-state index < -0.39 is 11.7 Å². The topological polar surface area (TPSA) is 21.3 Å². The Morgan fingerprint density at radius 1 is 1.42 bits per heavy atom. The first kappa shape index (κ1) is 9.80. The second-order valence-electron chi connectivity index (χ2n) is 3.00. The molecule has 1 fully saturated rings. The van der Waals surface area contributed by atoms with Crippen LogP contribution in [0.1, 0.15) is 12.8 Å². The largest absolute Gasteiger partial charge is 0.406 e. The van der Waals surface area contributed by atoms with Gasteiger partial charge in [0.15, 0.2) is 0 Å². The molecule has 0 unspecified atom stereocenters. The molecule has 1 saturated carbocycles. The van der Waals surface area contributed by atoms with Crippen LogP contribution in [0.4, 0.5) is 13.2 Å². The lowest BCUT2D eigenvalue weighted by molar-refractivity contribution is -0.166. The van der Waals surface area contributed by atoms with E-state index in [1.54, 1.807) is 0 Å². The summed E-state index contributed by atoms with van der Waals surface area (Å²) in [7, 11) is 1.47. The molecule has 2 nitrogen and oxygen atoms in total. The molecule has 0 aromatic carbocycles. The smallest absolute Gasteiger partial charge is 0.383 e. The molecular weight excluding hydrogens is 171 g/mol. The Kier molecular flexibility index (Phi) is 2.63. The van der Waals surface area contributed by atoms with Crippen LogP contribution in [0.5, 0.6) is 0 Å². The highest BCUT2D eigenvalue weighted by molar-refractivity contribution is 5.07. The number of methoxy groups -OCH3 is 1. The van der Waals surface area contributed by atoms with Gasteiger partial charge in [-0.15, -0.1) is 0 Å². The summed E-state index contributed by atoms with van der Waals surface area (Å²) in [6, 6.07) is 0. The highest BCUT2D eigenvalue weighted by atomic mass is 19.4. The molecular formula is C7H12F3NO. The Bertz CT molecular complexity index is 153. The quantitative estimate of drug-likeness (QED) is 0.663. The van der Waals surface area contributed by atoms with Crippen molar-refractivity contribution in [3.63, 3.8) is 0 Å². The third-order valence-electron chi connectivity index (χ3n) is 2.06. The summed E-state index contributed by atoms with van der Waals surface area (Å²) in [5.41, 5.74) is -1.59. The van der Waals surface area contributed by atoms with Crippen LogP contribution in [0.25, 0.3) is 0 Å². The van der Waals surface area contributed by atoms with Gasteiger partial charge in [-0.25, -0.2) is 0 Å². The highest BCUT2D eigenvalue weighted by Gasteiger charge is 2.62. The first-order chi connectivity index (χ1) is 5.52. The molecule has 1 rings (SSSR count). The third-order valence-corrected chi connectivity index (χ3v) is 2.06. The van der Waals surface area contributed by atoms with Gasteiger partial charge in [-0.3, -0.25) is 0 Å². The molecule has 0 radical (unpaired) electrons. The summed E-state index contributed by atoms with van der Waals surface area (Å²) in [6.45, 7) is 0.577. The van der Waals surface area contributed by atoms with Gasteiger partial charge < -0.3 is 10.1 Å². The zero-order valence-electron chi connectivity index (χ0n) is 6.87. The fourth-order valence-electron chi connectivity index (χ4n) is 1.08. The van der Waals surface area contributed by atoms with Crippen molar-refractivity contribution >= 4 is 0 Å². The Morgan fingerprint density at radius 2 is 2.00 bits per heavy atom. The second kappa shape index (κ2) is 3.22. The van der Waals surface area contributed by atoms with E-state index in [2.05, 4.69) is 10.1 Å². The van der Waals surface area contributed by atoms with Crippen LogP contribution < -0.4 is 5.32 Å². The average Bonchev–Trinajstić information content (AvgIpc) is 2.67. The van der Waals surface area contributed by atoms with Crippen molar-refractivity contribution in [1.29, 1.82) is 0 Å². The maximum Gasteiger partial charge on any atom is 0.406 e. The van der Waals surface area contributed by atoms with E-state index >= 15 is 0 Å². The molecule has 0 aromatic heterocycles. The fourth-order valence-corrected chi connectivity index (χ4v) is 1.08. The molecule has 12 heavy (non-hydrogen) atoms. The lowest BCUT2D eigenvalue weighted by Crippen LogP contribution is -2.46. The monoisotopic (exact) mass is 183 g/mol. The minimum absolute atomic E-state index is 0.195. The predicted octanol–water partition coefficient (Wildman–Crippen LogP) is 1.32. The molecule has 0 atom stereocenters. The molecule has 0 amide bonds. The number of hydrogen-bond acceptors (Lipinski definition) is 2.